The summed E-state index contributed by atoms with van der Waals surface area (Å²) in [4.78, 5) is 7.81. The number of hydrogen-bond acceptors (Lipinski definition) is 5. The van der Waals surface area contributed by atoms with Gasteiger partial charge < -0.3 is 10.6 Å². The van der Waals surface area contributed by atoms with Crippen LogP contribution >= 0.6 is 12.2 Å². The van der Waals surface area contributed by atoms with Crippen LogP contribution in [0.4, 0.5) is 11.6 Å². The minimum absolute atomic E-state index is 0.0194. The molecule has 3 rings (SSSR count). The Kier molecular flexibility index (Phi) is 5.94. The standard InChI is InChI=1S/C18H17N5O2S2/c24-27(25,23-17-19-11-4-12-20-17)16-9-7-15(8-10-16)22-18(26)21-13-14-5-2-1-3-6-14/h1-12H,13H2,(H,19,20,23)(H2,21,22,26). The normalized spacial score (nSPS) is 10.8. The molecule has 3 N–H and O–H groups in total. The Labute approximate surface area is 162 Å². The first kappa shape index (κ1) is 18.7. The molecule has 0 aliphatic carbocycles. The highest BCUT2D eigenvalue weighted by Gasteiger charge is 2.15. The molecule has 27 heavy (non-hydrogen) atoms. The second-order valence-corrected chi connectivity index (χ2v) is 7.59. The number of nitrogens with one attached hydrogen (secondary N) is 3. The fraction of sp³-hybridized carbons (Fsp3) is 0.0556. The summed E-state index contributed by atoms with van der Waals surface area (Å²) in [6.07, 6.45) is 2.92. The maximum absolute atomic E-state index is 12.3. The van der Waals surface area contributed by atoms with Gasteiger partial charge >= 0.3 is 0 Å². The van der Waals surface area contributed by atoms with Gasteiger partial charge in [-0.25, -0.2) is 23.1 Å². The van der Waals surface area contributed by atoms with Crippen molar-refractivity contribution in [1.82, 2.24) is 15.3 Å². The van der Waals surface area contributed by atoms with E-state index in [-0.39, 0.29) is 10.8 Å². The second kappa shape index (κ2) is 8.56. The van der Waals surface area contributed by atoms with Crippen LogP contribution in [0.2, 0.25) is 0 Å². The van der Waals surface area contributed by atoms with Crippen molar-refractivity contribution < 1.29 is 8.42 Å². The van der Waals surface area contributed by atoms with Crippen molar-refractivity contribution in [2.75, 3.05) is 10.0 Å². The van der Waals surface area contributed by atoms with Gasteiger partial charge in [-0.3, -0.25) is 0 Å². The van der Waals surface area contributed by atoms with Gasteiger partial charge in [0, 0.05) is 24.6 Å². The Morgan fingerprint density at radius 3 is 2.26 bits per heavy atom. The Morgan fingerprint density at radius 1 is 0.926 bits per heavy atom. The van der Waals surface area contributed by atoms with Crippen LogP contribution in [-0.4, -0.2) is 23.5 Å². The van der Waals surface area contributed by atoms with Gasteiger partial charge in [-0.1, -0.05) is 30.3 Å². The molecular formula is C18H17N5O2S2. The number of hydrogen-bond donors (Lipinski definition) is 3. The average molecular weight is 400 g/mol. The van der Waals surface area contributed by atoms with Crippen molar-refractivity contribution in [3.05, 3.63) is 78.6 Å². The van der Waals surface area contributed by atoms with E-state index in [2.05, 4.69) is 25.3 Å². The summed E-state index contributed by atoms with van der Waals surface area (Å²) >= 11 is 5.26. The molecule has 0 bridgehead atoms. The van der Waals surface area contributed by atoms with Crippen LogP contribution in [0.25, 0.3) is 0 Å². The maximum atomic E-state index is 12.3. The topological polar surface area (TPSA) is 96.0 Å². The van der Waals surface area contributed by atoms with Crippen molar-refractivity contribution in [3.8, 4) is 0 Å². The summed E-state index contributed by atoms with van der Waals surface area (Å²) in [5, 5.41) is 6.57. The lowest BCUT2D eigenvalue weighted by Gasteiger charge is -2.11. The van der Waals surface area contributed by atoms with E-state index in [1.807, 2.05) is 30.3 Å². The highest BCUT2D eigenvalue weighted by Crippen LogP contribution is 2.16. The molecule has 1 aromatic heterocycles. The van der Waals surface area contributed by atoms with E-state index in [1.165, 1.54) is 24.5 Å². The third kappa shape index (κ3) is 5.47. The number of nitrogens with zero attached hydrogens (tertiary/aromatic N) is 2. The first-order valence-corrected chi connectivity index (χ1v) is 9.91. The van der Waals surface area contributed by atoms with Gasteiger partial charge in [-0.05, 0) is 48.1 Å². The van der Waals surface area contributed by atoms with Gasteiger partial charge in [0.2, 0.25) is 5.95 Å². The quantitative estimate of drug-likeness (QED) is 0.549. The number of anilines is 2. The Balaban J connectivity index is 1.59. The molecule has 0 fully saturated rings. The molecule has 2 aromatic carbocycles. The van der Waals surface area contributed by atoms with Crippen molar-refractivity contribution >= 4 is 39.0 Å². The van der Waals surface area contributed by atoms with E-state index in [9.17, 15) is 8.42 Å². The van der Waals surface area contributed by atoms with E-state index in [4.69, 9.17) is 12.2 Å². The largest absolute Gasteiger partial charge is 0.358 e. The monoisotopic (exact) mass is 399 g/mol. The van der Waals surface area contributed by atoms with Crippen molar-refractivity contribution in [1.29, 1.82) is 0 Å². The Morgan fingerprint density at radius 2 is 1.59 bits per heavy atom. The van der Waals surface area contributed by atoms with Gasteiger partial charge in [-0.15, -0.1) is 0 Å². The first-order valence-electron chi connectivity index (χ1n) is 8.02. The van der Waals surface area contributed by atoms with E-state index in [0.717, 1.165) is 5.56 Å². The lowest BCUT2D eigenvalue weighted by molar-refractivity contribution is 0.601. The SMILES string of the molecule is O=S(=O)(Nc1ncccn1)c1ccc(NC(=S)NCc2ccccc2)cc1. The summed E-state index contributed by atoms with van der Waals surface area (Å²) in [5.74, 6) is 0.0194. The molecule has 0 unspecified atom stereocenters. The third-order valence-corrected chi connectivity index (χ3v) is 5.10. The Hall–Kier alpha value is -3.04. The third-order valence-electron chi connectivity index (χ3n) is 3.51. The van der Waals surface area contributed by atoms with E-state index in [1.54, 1.807) is 18.2 Å². The Bertz CT molecular complexity index is 995. The molecule has 0 saturated heterocycles. The van der Waals surface area contributed by atoms with Crippen LogP contribution in [0.15, 0.2) is 78.0 Å². The predicted octanol–water partition coefficient (Wildman–Crippen LogP) is 2.76. The van der Waals surface area contributed by atoms with Crippen LogP contribution in [-0.2, 0) is 16.6 Å². The zero-order valence-electron chi connectivity index (χ0n) is 14.2. The van der Waals surface area contributed by atoms with Crippen LogP contribution in [0.1, 0.15) is 5.56 Å². The summed E-state index contributed by atoms with van der Waals surface area (Å²) in [6.45, 7) is 0.597. The average Bonchev–Trinajstić information content (AvgIpc) is 2.68. The van der Waals surface area contributed by atoms with E-state index >= 15 is 0 Å². The van der Waals surface area contributed by atoms with E-state index in [0.29, 0.717) is 17.3 Å². The molecule has 0 atom stereocenters. The van der Waals surface area contributed by atoms with Crippen molar-refractivity contribution in [2.24, 2.45) is 0 Å². The van der Waals surface area contributed by atoms with Gasteiger partial charge in [-0.2, -0.15) is 0 Å². The molecule has 0 saturated carbocycles. The summed E-state index contributed by atoms with van der Waals surface area (Å²) in [5.41, 5.74) is 1.78. The molecule has 3 aromatic rings. The molecule has 0 spiro atoms. The van der Waals surface area contributed by atoms with Crippen LogP contribution in [0.5, 0.6) is 0 Å². The highest BCUT2D eigenvalue weighted by atomic mass is 32.2. The fourth-order valence-corrected chi connectivity index (χ4v) is 3.35. The summed E-state index contributed by atoms with van der Waals surface area (Å²) in [7, 11) is -3.76. The highest BCUT2D eigenvalue weighted by molar-refractivity contribution is 7.92. The van der Waals surface area contributed by atoms with Gasteiger partial charge in [0.1, 0.15) is 0 Å². The molecule has 0 radical (unpaired) electrons. The maximum Gasteiger partial charge on any atom is 0.264 e. The van der Waals surface area contributed by atoms with Gasteiger partial charge in [0.05, 0.1) is 4.90 Å². The van der Waals surface area contributed by atoms with Crippen molar-refractivity contribution in [2.45, 2.75) is 11.4 Å². The lowest BCUT2D eigenvalue weighted by atomic mass is 10.2. The number of benzene rings is 2. The van der Waals surface area contributed by atoms with Crippen LogP contribution in [0.3, 0.4) is 0 Å². The van der Waals surface area contributed by atoms with Crippen LogP contribution in [0, 0.1) is 0 Å². The number of sulfonamides is 1. The molecule has 0 aliphatic heterocycles. The molecule has 0 aliphatic rings. The molecule has 7 nitrogen and oxygen atoms in total. The molecule has 0 amide bonds. The molecule has 138 valence electrons. The minimum Gasteiger partial charge on any atom is -0.358 e. The zero-order chi connectivity index (χ0) is 19.1. The van der Waals surface area contributed by atoms with Gasteiger partial charge in [0.15, 0.2) is 5.11 Å². The number of aromatic nitrogens is 2. The molecule has 1 heterocycles. The smallest absolute Gasteiger partial charge is 0.264 e. The molecular weight excluding hydrogens is 382 g/mol. The summed E-state index contributed by atoms with van der Waals surface area (Å²) in [6, 6.07) is 17.7. The van der Waals surface area contributed by atoms with Gasteiger partial charge in [0.25, 0.3) is 10.0 Å². The minimum atomic E-state index is -3.76. The van der Waals surface area contributed by atoms with Crippen LogP contribution < -0.4 is 15.4 Å². The molecule has 9 heteroatoms. The zero-order valence-corrected chi connectivity index (χ0v) is 15.8. The second-order valence-electron chi connectivity index (χ2n) is 5.50. The number of rotatable bonds is 6. The fourth-order valence-electron chi connectivity index (χ4n) is 2.20. The first-order chi connectivity index (χ1) is 13.0. The lowest BCUT2D eigenvalue weighted by Crippen LogP contribution is -2.27. The predicted molar refractivity (Wildman–Crippen MR) is 109 cm³/mol. The number of thiocarbonyl (C=S) groups is 1. The van der Waals surface area contributed by atoms with E-state index < -0.39 is 10.0 Å². The summed E-state index contributed by atoms with van der Waals surface area (Å²) < 4.78 is 27.0. The van der Waals surface area contributed by atoms with Crippen molar-refractivity contribution in [3.63, 3.8) is 0 Å².